The van der Waals surface area contributed by atoms with Crippen molar-refractivity contribution in [1.82, 2.24) is 5.32 Å². The number of amides is 1. The average Bonchev–Trinajstić information content (AvgIpc) is 2.40. The summed E-state index contributed by atoms with van der Waals surface area (Å²) in [6.07, 6.45) is 0. The molecule has 19 heavy (non-hydrogen) atoms. The number of halogens is 1. The van der Waals surface area contributed by atoms with Crippen molar-refractivity contribution in [2.45, 2.75) is 12.6 Å². The van der Waals surface area contributed by atoms with Crippen molar-refractivity contribution in [3.63, 3.8) is 0 Å². The van der Waals surface area contributed by atoms with E-state index in [-0.39, 0.29) is 0 Å². The zero-order chi connectivity index (χ0) is 13.7. The number of hydrogen-bond donors (Lipinski definition) is 2. The maximum Gasteiger partial charge on any atom is 0.239 e. The number of carbonyl (C=O) groups is 1. The summed E-state index contributed by atoms with van der Waals surface area (Å²) >= 11 is 5.92. The van der Waals surface area contributed by atoms with Crippen LogP contribution in [0.5, 0.6) is 0 Å². The first-order valence-electron chi connectivity index (χ1n) is 5.99. The van der Waals surface area contributed by atoms with E-state index in [1.54, 1.807) is 0 Å². The van der Waals surface area contributed by atoms with Crippen LogP contribution in [-0.2, 0) is 11.3 Å². The number of nitrogens with two attached hydrogens (primary N) is 1. The van der Waals surface area contributed by atoms with Gasteiger partial charge in [-0.3, -0.25) is 10.1 Å². The van der Waals surface area contributed by atoms with Crippen molar-refractivity contribution in [3.05, 3.63) is 70.7 Å². The molecule has 4 heteroatoms. The van der Waals surface area contributed by atoms with Gasteiger partial charge in [0.05, 0.1) is 0 Å². The number of benzene rings is 2. The molecule has 1 atom stereocenters. The Morgan fingerprint density at radius 3 is 2.53 bits per heavy atom. The van der Waals surface area contributed by atoms with Crippen molar-refractivity contribution in [3.8, 4) is 0 Å². The zero-order valence-electron chi connectivity index (χ0n) is 10.3. The third kappa shape index (κ3) is 3.81. The van der Waals surface area contributed by atoms with Gasteiger partial charge in [-0.25, -0.2) is 0 Å². The fourth-order valence-electron chi connectivity index (χ4n) is 1.90. The van der Waals surface area contributed by atoms with E-state index in [4.69, 9.17) is 17.3 Å². The Balaban J connectivity index is 2.08. The first-order chi connectivity index (χ1) is 9.16. The van der Waals surface area contributed by atoms with E-state index in [0.717, 1.165) is 11.1 Å². The Kier molecular flexibility index (Phi) is 4.55. The Morgan fingerprint density at radius 2 is 1.89 bits per heavy atom. The van der Waals surface area contributed by atoms with Crippen LogP contribution in [0.4, 0.5) is 0 Å². The summed E-state index contributed by atoms with van der Waals surface area (Å²) in [4.78, 5) is 11.5. The highest BCUT2D eigenvalue weighted by molar-refractivity contribution is 6.30. The fraction of sp³-hybridized carbons (Fsp3) is 0.133. The number of hydrogen-bond acceptors (Lipinski definition) is 2. The minimum absolute atomic E-state index is 0.395. The molecule has 98 valence electrons. The summed E-state index contributed by atoms with van der Waals surface area (Å²) in [5, 5.41) is 3.82. The standard InChI is InChI=1S/C15H15ClN2O/c16-13-8-4-5-11(9-13)10-18-14(15(17)19)12-6-2-1-3-7-12/h1-9,14,18H,10H2,(H2,17,19)/t14-/m0/s1. The Hall–Kier alpha value is -1.84. The molecular weight excluding hydrogens is 260 g/mol. The van der Waals surface area contributed by atoms with Crippen molar-refractivity contribution >= 4 is 17.5 Å². The van der Waals surface area contributed by atoms with Gasteiger partial charge in [-0.05, 0) is 23.3 Å². The maximum absolute atomic E-state index is 11.5. The lowest BCUT2D eigenvalue weighted by Gasteiger charge is -2.16. The van der Waals surface area contributed by atoms with Gasteiger partial charge < -0.3 is 5.73 Å². The van der Waals surface area contributed by atoms with Crippen LogP contribution in [0, 0.1) is 0 Å². The molecule has 0 heterocycles. The number of primary amides is 1. The van der Waals surface area contributed by atoms with E-state index in [1.165, 1.54) is 0 Å². The highest BCUT2D eigenvalue weighted by atomic mass is 35.5. The van der Waals surface area contributed by atoms with Gasteiger partial charge in [-0.15, -0.1) is 0 Å². The summed E-state index contributed by atoms with van der Waals surface area (Å²) in [6, 6.07) is 16.4. The third-order valence-corrected chi connectivity index (χ3v) is 3.05. The Labute approximate surface area is 117 Å². The number of carbonyl (C=O) groups excluding carboxylic acids is 1. The van der Waals surface area contributed by atoms with Crippen LogP contribution in [0.25, 0.3) is 0 Å². The molecule has 0 bridgehead atoms. The summed E-state index contributed by atoms with van der Waals surface area (Å²) < 4.78 is 0. The third-order valence-electron chi connectivity index (χ3n) is 2.82. The van der Waals surface area contributed by atoms with Gasteiger partial charge >= 0.3 is 0 Å². The molecule has 0 saturated heterocycles. The van der Waals surface area contributed by atoms with Gasteiger partial charge in [0.2, 0.25) is 5.91 Å². The normalized spacial score (nSPS) is 12.1. The minimum Gasteiger partial charge on any atom is -0.368 e. The van der Waals surface area contributed by atoms with E-state index in [0.29, 0.717) is 11.6 Å². The van der Waals surface area contributed by atoms with E-state index >= 15 is 0 Å². The highest BCUT2D eigenvalue weighted by Crippen LogP contribution is 2.15. The predicted octanol–water partition coefficient (Wildman–Crippen LogP) is 2.66. The minimum atomic E-state index is -0.500. The second kappa shape index (κ2) is 6.36. The van der Waals surface area contributed by atoms with Gasteiger partial charge in [0.15, 0.2) is 0 Å². The first-order valence-corrected chi connectivity index (χ1v) is 6.36. The van der Waals surface area contributed by atoms with Gasteiger partial charge in [-0.2, -0.15) is 0 Å². The van der Waals surface area contributed by atoms with E-state index in [9.17, 15) is 4.79 Å². The SMILES string of the molecule is NC(=O)[C@@H](NCc1cccc(Cl)c1)c1ccccc1. The van der Waals surface area contributed by atoms with Crippen LogP contribution in [0.15, 0.2) is 54.6 Å². The lowest BCUT2D eigenvalue weighted by Crippen LogP contribution is -2.33. The van der Waals surface area contributed by atoms with E-state index in [1.807, 2.05) is 54.6 Å². The van der Waals surface area contributed by atoms with Gasteiger partial charge in [0.25, 0.3) is 0 Å². The van der Waals surface area contributed by atoms with Crippen LogP contribution in [-0.4, -0.2) is 5.91 Å². The molecule has 0 aliphatic carbocycles. The molecule has 0 radical (unpaired) electrons. The molecule has 0 aromatic heterocycles. The van der Waals surface area contributed by atoms with Crippen LogP contribution in [0.3, 0.4) is 0 Å². The maximum atomic E-state index is 11.5. The van der Waals surface area contributed by atoms with Gasteiger partial charge in [0, 0.05) is 11.6 Å². The monoisotopic (exact) mass is 274 g/mol. The molecule has 0 spiro atoms. The van der Waals surface area contributed by atoms with Crippen LogP contribution >= 0.6 is 11.6 Å². The van der Waals surface area contributed by atoms with Crippen LogP contribution in [0.2, 0.25) is 5.02 Å². The number of nitrogens with one attached hydrogen (secondary N) is 1. The highest BCUT2D eigenvalue weighted by Gasteiger charge is 2.16. The summed E-state index contributed by atoms with van der Waals surface area (Å²) in [5.74, 6) is -0.395. The second-order valence-electron chi connectivity index (χ2n) is 4.26. The lowest BCUT2D eigenvalue weighted by atomic mass is 10.1. The van der Waals surface area contributed by atoms with Gasteiger partial charge in [0.1, 0.15) is 6.04 Å². The predicted molar refractivity (Wildman–Crippen MR) is 76.7 cm³/mol. The van der Waals surface area contributed by atoms with E-state index in [2.05, 4.69) is 5.32 Å². The number of rotatable bonds is 5. The van der Waals surface area contributed by atoms with Crippen molar-refractivity contribution < 1.29 is 4.79 Å². The summed E-state index contributed by atoms with van der Waals surface area (Å²) in [6.45, 7) is 0.531. The summed E-state index contributed by atoms with van der Waals surface area (Å²) in [5.41, 5.74) is 7.30. The second-order valence-corrected chi connectivity index (χ2v) is 4.69. The molecule has 2 rings (SSSR count). The Morgan fingerprint density at radius 1 is 1.16 bits per heavy atom. The molecular formula is C15H15ClN2O. The largest absolute Gasteiger partial charge is 0.368 e. The molecule has 3 N–H and O–H groups in total. The molecule has 0 saturated carbocycles. The zero-order valence-corrected chi connectivity index (χ0v) is 11.1. The van der Waals surface area contributed by atoms with E-state index < -0.39 is 11.9 Å². The van der Waals surface area contributed by atoms with Crippen LogP contribution in [0.1, 0.15) is 17.2 Å². The van der Waals surface area contributed by atoms with Gasteiger partial charge in [-0.1, -0.05) is 54.1 Å². The van der Waals surface area contributed by atoms with Crippen molar-refractivity contribution in [2.24, 2.45) is 5.73 Å². The van der Waals surface area contributed by atoms with Crippen LogP contribution < -0.4 is 11.1 Å². The lowest BCUT2D eigenvalue weighted by molar-refractivity contribution is -0.120. The molecule has 2 aromatic rings. The average molecular weight is 275 g/mol. The Bertz CT molecular complexity index is 557. The van der Waals surface area contributed by atoms with Crippen molar-refractivity contribution in [1.29, 1.82) is 0 Å². The first kappa shape index (κ1) is 13.6. The smallest absolute Gasteiger partial charge is 0.239 e. The molecule has 0 fully saturated rings. The molecule has 2 aromatic carbocycles. The van der Waals surface area contributed by atoms with Crippen molar-refractivity contribution in [2.75, 3.05) is 0 Å². The molecule has 0 aliphatic heterocycles. The molecule has 0 aliphatic rings. The topological polar surface area (TPSA) is 55.1 Å². The fourth-order valence-corrected chi connectivity index (χ4v) is 2.11. The molecule has 0 unspecified atom stereocenters. The summed E-state index contributed by atoms with van der Waals surface area (Å²) in [7, 11) is 0. The molecule has 3 nitrogen and oxygen atoms in total. The quantitative estimate of drug-likeness (QED) is 0.881. The molecule has 1 amide bonds.